The Hall–Kier alpha value is -3.12. The quantitative estimate of drug-likeness (QED) is 0.287. The van der Waals surface area contributed by atoms with Crippen molar-refractivity contribution in [1.82, 2.24) is 15.0 Å². The second kappa shape index (κ2) is 8.83. The Bertz CT molecular complexity index is 1410. The van der Waals surface area contributed by atoms with Gasteiger partial charge in [0, 0.05) is 41.8 Å². The highest BCUT2D eigenvalue weighted by atomic mass is 35.5. The van der Waals surface area contributed by atoms with E-state index in [1.165, 1.54) is 0 Å². The normalized spacial score (nSPS) is 19.3. The molecule has 0 amide bonds. The maximum Gasteiger partial charge on any atom is 0.249 e. The van der Waals surface area contributed by atoms with Crippen LogP contribution in [0.25, 0.3) is 22.2 Å². The molecule has 180 valence electrons. The van der Waals surface area contributed by atoms with Crippen LogP contribution in [-0.2, 0) is 12.0 Å². The fourth-order valence-corrected chi connectivity index (χ4v) is 5.35. The molecule has 3 heterocycles. The van der Waals surface area contributed by atoms with Gasteiger partial charge in [-0.25, -0.2) is 13.8 Å². The first kappa shape index (κ1) is 23.6. The van der Waals surface area contributed by atoms with Crippen LogP contribution >= 0.6 is 11.6 Å². The molecule has 1 fully saturated rings. The maximum atomic E-state index is 14.0. The molecule has 3 aromatic heterocycles. The minimum atomic E-state index is -2.69. The molecule has 0 spiro atoms. The van der Waals surface area contributed by atoms with Crippen LogP contribution in [0, 0.1) is 13.8 Å². The Morgan fingerprint density at radius 1 is 1.00 bits per heavy atom. The summed E-state index contributed by atoms with van der Waals surface area (Å²) < 4.78 is 34.3. The molecule has 5 rings (SSSR count). The summed E-state index contributed by atoms with van der Waals surface area (Å²) in [5, 5.41) is 1.23. The molecular formula is C28H26ClF2N3O. The average molecular weight is 494 g/mol. The first-order valence-corrected chi connectivity index (χ1v) is 12.0. The fourth-order valence-electron chi connectivity index (χ4n) is 4.97. The van der Waals surface area contributed by atoms with Crippen LogP contribution < -0.4 is 4.74 Å². The highest BCUT2D eigenvalue weighted by molar-refractivity contribution is 6.31. The van der Waals surface area contributed by atoms with Gasteiger partial charge in [0.1, 0.15) is 12.4 Å². The third kappa shape index (κ3) is 4.59. The van der Waals surface area contributed by atoms with Crippen molar-refractivity contribution in [2.45, 2.75) is 58.0 Å². The van der Waals surface area contributed by atoms with Crippen LogP contribution in [0.2, 0.25) is 5.02 Å². The van der Waals surface area contributed by atoms with Gasteiger partial charge in [0.05, 0.1) is 33.0 Å². The SMILES string of the molecule is Cc1nc(C2(C)CCC(F)(F)C2)c(Cl)cc1-c1cc(OCc2ccccc2)c2c(C)nccc2n1. The van der Waals surface area contributed by atoms with Crippen molar-refractivity contribution < 1.29 is 13.5 Å². The Labute approximate surface area is 208 Å². The predicted molar refractivity (Wildman–Crippen MR) is 134 cm³/mol. The molecule has 4 aromatic rings. The highest BCUT2D eigenvalue weighted by Gasteiger charge is 2.49. The van der Waals surface area contributed by atoms with Gasteiger partial charge in [-0.05, 0) is 38.0 Å². The fraction of sp³-hybridized carbons (Fsp3) is 0.321. The van der Waals surface area contributed by atoms with Gasteiger partial charge in [0.25, 0.3) is 0 Å². The summed E-state index contributed by atoms with van der Waals surface area (Å²) in [7, 11) is 0. The van der Waals surface area contributed by atoms with E-state index < -0.39 is 11.3 Å². The zero-order valence-corrected chi connectivity index (χ0v) is 20.7. The molecule has 1 saturated carbocycles. The Balaban J connectivity index is 1.57. The topological polar surface area (TPSA) is 47.9 Å². The number of fused-ring (bicyclic) bond motifs is 1. The first-order valence-electron chi connectivity index (χ1n) is 11.6. The molecule has 1 unspecified atom stereocenters. The second-order valence-corrected chi connectivity index (χ2v) is 10.0. The molecule has 1 atom stereocenters. The van der Waals surface area contributed by atoms with Gasteiger partial charge in [-0.2, -0.15) is 0 Å². The number of pyridine rings is 3. The summed E-state index contributed by atoms with van der Waals surface area (Å²) in [6.07, 6.45) is 1.68. The number of rotatable bonds is 5. The number of ether oxygens (including phenoxy) is 1. The smallest absolute Gasteiger partial charge is 0.249 e. The van der Waals surface area contributed by atoms with E-state index in [1.54, 1.807) is 12.3 Å². The third-order valence-corrected chi connectivity index (χ3v) is 7.10. The van der Waals surface area contributed by atoms with E-state index in [4.69, 9.17) is 26.3 Å². The largest absolute Gasteiger partial charge is 0.488 e. The lowest BCUT2D eigenvalue weighted by Gasteiger charge is -2.25. The van der Waals surface area contributed by atoms with Gasteiger partial charge < -0.3 is 4.74 Å². The molecule has 4 nitrogen and oxygen atoms in total. The lowest BCUT2D eigenvalue weighted by Crippen LogP contribution is -2.23. The van der Waals surface area contributed by atoms with Crippen LogP contribution in [-0.4, -0.2) is 20.9 Å². The molecule has 35 heavy (non-hydrogen) atoms. The van der Waals surface area contributed by atoms with Gasteiger partial charge >= 0.3 is 0 Å². The van der Waals surface area contributed by atoms with Gasteiger partial charge in [-0.1, -0.05) is 48.9 Å². The van der Waals surface area contributed by atoms with Crippen molar-refractivity contribution in [3.8, 4) is 17.0 Å². The summed E-state index contributed by atoms with van der Waals surface area (Å²) in [6.45, 7) is 6.01. The number of aryl methyl sites for hydroxylation is 2. The summed E-state index contributed by atoms with van der Waals surface area (Å²) in [6, 6.07) is 15.5. The van der Waals surface area contributed by atoms with Gasteiger partial charge in [-0.3, -0.25) is 9.97 Å². The summed E-state index contributed by atoms with van der Waals surface area (Å²) in [5.41, 5.74) is 4.48. The molecule has 0 aliphatic heterocycles. The summed E-state index contributed by atoms with van der Waals surface area (Å²) >= 11 is 6.66. The molecule has 1 aliphatic rings. The zero-order valence-electron chi connectivity index (χ0n) is 19.9. The first-order chi connectivity index (χ1) is 16.7. The van der Waals surface area contributed by atoms with Crippen molar-refractivity contribution in [1.29, 1.82) is 0 Å². The Morgan fingerprint density at radius 2 is 1.77 bits per heavy atom. The van der Waals surface area contributed by atoms with E-state index in [-0.39, 0.29) is 12.8 Å². The number of nitrogens with zero attached hydrogens (tertiary/aromatic N) is 3. The minimum absolute atomic E-state index is 0.149. The molecular weight excluding hydrogens is 468 g/mol. The lowest BCUT2D eigenvalue weighted by molar-refractivity contribution is 0.00335. The van der Waals surface area contributed by atoms with E-state index in [1.807, 2.05) is 63.2 Å². The molecule has 0 radical (unpaired) electrons. The van der Waals surface area contributed by atoms with E-state index in [9.17, 15) is 8.78 Å². The highest BCUT2D eigenvalue weighted by Crippen LogP contribution is 2.50. The van der Waals surface area contributed by atoms with E-state index in [0.29, 0.717) is 40.9 Å². The van der Waals surface area contributed by atoms with Gasteiger partial charge in [0.2, 0.25) is 5.92 Å². The Morgan fingerprint density at radius 3 is 2.49 bits per heavy atom. The molecule has 1 aromatic carbocycles. The van der Waals surface area contributed by atoms with E-state index in [0.717, 1.165) is 27.7 Å². The number of benzene rings is 1. The molecule has 0 N–H and O–H groups in total. The molecule has 7 heteroatoms. The van der Waals surface area contributed by atoms with Crippen molar-refractivity contribution in [3.63, 3.8) is 0 Å². The monoisotopic (exact) mass is 493 g/mol. The van der Waals surface area contributed by atoms with Crippen molar-refractivity contribution in [3.05, 3.63) is 82.4 Å². The average Bonchev–Trinajstić information content (AvgIpc) is 3.12. The number of aromatic nitrogens is 3. The van der Waals surface area contributed by atoms with Crippen LogP contribution in [0.3, 0.4) is 0 Å². The maximum absolute atomic E-state index is 14.0. The number of halogens is 3. The third-order valence-electron chi connectivity index (χ3n) is 6.82. The minimum Gasteiger partial charge on any atom is -0.488 e. The van der Waals surface area contributed by atoms with Crippen molar-refractivity contribution in [2.24, 2.45) is 0 Å². The standard InChI is InChI=1S/C28H26ClF2N3O/c1-17-20(13-21(29)26(33-17)27(3)10-11-28(30,31)16-27)23-14-24(35-15-19-7-5-4-6-8-19)25-18(2)32-12-9-22(25)34-23/h4-9,12-14H,10-11,15-16H2,1-3H3. The lowest BCUT2D eigenvalue weighted by atomic mass is 9.84. The second-order valence-electron chi connectivity index (χ2n) is 9.62. The van der Waals surface area contributed by atoms with Crippen molar-refractivity contribution in [2.75, 3.05) is 0 Å². The number of hydrogen-bond donors (Lipinski definition) is 0. The van der Waals surface area contributed by atoms with Crippen LogP contribution in [0.1, 0.15) is 48.8 Å². The predicted octanol–water partition coefficient (Wildman–Crippen LogP) is 7.62. The van der Waals surface area contributed by atoms with Crippen molar-refractivity contribution >= 4 is 22.5 Å². The van der Waals surface area contributed by atoms with Crippen LogP contribution in [0.4, 0.5) is 8.78 Å². The van der Waals surface area contributed by atoms with Crippen LogP contribution in [0.5, 0.6) is 5.75 Å². The molecule has 1 aliphatic carbocycles. The van der Waals surface area contributed by atoms with Gasteiger partial charge in [-0.15, -0.1) is 0 Å². The summed E-state index contributed by atoms with van der Waals surface area (Å²) in [4.78, 5) is 14.0. The summed E-state index contributed by atoms with van der Waals surface area (Å²) in [5.74, 6) is -2.02. The van der Waals surface area contributed by atoms with Crippen LogP contribution in [0.15, 0.2) is 54.7 Å². The molecule has 0 bridgehead atoms. The van der Waals surface area contributed by atoms with Gasteiger partial charge in [0.15, 0.2) is 0 Å². The number of alkyl halides is 2. The van der Waals surface area contributed by atoms with E-state index in [2.05, 4.69) is 4.98 Å². The molecule has 0 saturated heterocycles. The zero-order chi connectivity index (χ0) is 24.8. The van der Waals surface area contributed by atoms with E-state index >= 15 is 0 Å². The number of hydrogen-bond acceptors (Lipinski definition) is 4. The Kier molecular flexibility index (Phi) is 5.96.